The molecule has 0 saturated carbocycles. The van der Waals surface area contributed by atoms with Gasteiger partial charge in [-0.1, -0.05) is 6.58 Å². The summed E-state index contributed by atoms with van der Waals surface area (Å²) in [5.74, 6) is 1.35. The Morgan fingerprint density at radius 1 is 1.69 bits per heavy atom. The maximum atomic E-state index is 11.3. The number of aryl methyl sites for hydroxylation is 1. The molecule has 1 heterocycles. The largest absolute Gasteiger partial charge is 0.464 e. The second-order valence-electron chi connectivity index (χ2n) is 3.50. The Labute approximate surface area is 95.3 Å². The molecule has 0 radical (unpaired) electrons. The molecular formula is C12H17NO3. The van der Waals surface area contributed by atoms with Crippen LogP contribution in [0.3, 0.4) is 0 Å². The van der Waals surface area contributed by atoms with Crippen LogP contribution in [-0.2, 0) is 9.53 Å². The van der Waals surface area contributed by atoms with Crippen molar-refractivity contribution < 1.29 is 13.9 Å². The van der Waals surface area contributed by atoms with Crippen molar-refractivity contribution in [3.63, 3.8) is 0 Å². The fourth-order valence-corrected chi connectivity index (χ4v) is 1.39. The van der Waals surface area contributed by atoms with Gasteiger partial charge >= 0.3 is 0 Å². The first kappa shape index (κ1) is 12.5. The lowest BCUT2D eigenvalue weighted by atomic mass is 10.1. The van der Waals surface area contributed by atoms with Crippen molar-refractivity contribution in [2.75, 3.05) is 13.7 Å². The van der Waals surface area contributed by atoms with Crippen molar-refractivity contribution in [2.45, 2.75) is 19.4 Å². The van der Waals surface area contributed by atoms with Crippen LogP contribution in [0.4, 0.5) is 0 Å². The van der Waals surface area contributed by atoms with Gasteiger partial charge in [0.2, 0.25) is 5.91 Å². The van der Waals surface area contributed by atoms with Crippen LogP contribution in [0.1, 0.15) is 24.0 Å². The van der Waals surface area contributed by atoms with E-state index in [0.717, 1.165) is 11.5 Å². The Morgan fingerprint density at radius 3 is 2.94 bits per heavy atom. The highest BCUT2D eigenvalue weighted by Gasteiger charge is 2.16. The molecule has 4 heteroatoms. The molecule has 0 saturated heterocycles. The van der Waals surface area contributed by atoms with Crippen LogP contribution < -0.4 is 5.32 Å². The van der Waals surface area contributed by atoms with Gasteiger partial charge in [0.15, 0.2) is 0 Å². The second-order valence-corrected chi connectivity index (χ2v) is 3.50. The van der Waals surface area contributed by atoms with E-state index >= 15 is 0 Å². The highest BCUT2D eigenvalue weighted by Crippen LogP contribution is 2.19. The number of methoxy groups -OCH3 is 1. The summed E-state index contributed by atoms with van der Waals surface area (Å²) in [6.07, 6.45) is 1.92. The van der Waals surface area contributed by atoms with E-state index in [4.69, 9.17) is 9.15 Å². The van der Waals surface area contributed by atoms with E-state index in [1.807, 2.05) is 19.1 Å². The Hall–Kier alpha value is -1.55. The van der Waals surface area contributed by atoms with Crippen LogP contribution in [0.2, 0.25) is 0 Å². The number of rotatable bonds is 6. The lowest BCUT2D eigenvalue weighted by Crippen LogP contribution is -2.27. The van der Waals surface area contributed by atoms with Crippen LogP contribution >= 0.6 is 0 Å². The minimum Gasteiger partial charge on any atom is -0.464 e. The first-order chi connectivity index (χ1) is 7.67. The van der Waals surface area contributed by atoms with E-state index in [9.17, 15) is 4.79 Å². The van der Waals surface area contributed by atoms with E-state index in [-0.39, 0.29) is 11.9 Å². The Bertz CT molecular complexity index is 357. The van der Waals surface area contributed by atoms with Crippen molar-refractivity contribution in [3.8, 4) is 0 Å². The first-order valence-corrected chi connectivity index (χ1v) is 5.15. The van der Waals surface area contributed by atoms with Gasteiger partial charge in [-0.2, -0.15) is 0 Å². The zero-order chi connectivity index (χ0) is 12.0. The Kier molecular flexibility index (Phi) is 4.79. The van der Waals surface area contributed by atoms with Crippen LogP contribution in [0.15, 0.2) is 29.2 Å². The maximum Gasteiger partial charge on any atom is 0.243 e. The van der Waals surface area contributed by atoms with Gasteiger partial charge in [0.05, 0.1) is 6.04 Å². The average Bonchev–Trinajstić information content (AvgIpc) is 2.70. The molecule has 0 bridgehead atoms. The lowest BCUT2D eigenvalue weighted by molar-refractivity contribution is -0.117. The molecule has 1 rings (SSSR count). The number of ether oxygens (including phenoxy) is 1. The van der Waals surface area contributed by atoms with Gasteiger partial charge in [0, 0.05) is 13.7 Å². The van der Waals surface area contributed by atoms with Crippen LogP contribution in [-0.4, -0.2) is 19.6 Å². The van der Waals surface area contributed by atoms with Crippen LogP contribution in [0.5, 0.6) is 0 Å². The molecule has 0 aliphatic rings. The smallest absolute Gasteiger partial charge is 0.243 e. The summed E-state index contributed by atoms with van der Waals surface area (Å²) >= 11 is 0. The summed E-state index contributed by atoms with van der Waals surface area (Å²) in [7, 11) is 1.62. The zero-order valence-corrected chi connectivity index (χ0v) is 9.66. The first-order valence-electron chi connectivity index (χ1n) is 5.15. The summed E-state index contributed by atoms with van der Waals surface area (Å²) in [5.41, 5.74) is 0. The van der Waals surface area contributed by atoms with Gasteiger partial charge < -0.3 is 14.5 Å². The van der Waals surface area contributed by atoms with Crippen LogP contribution in [0.25, 0.3) is 0 Å². The zero-order valence-electron chi connectivity index (χ0n) is 9.66. The van der Waals surface area contributed by atoms with Gasteiger partial charge in [0.25, 0.3) is 0 Å². The molecule has 0 spiro atoms. The fourth-order valence-electron chi connectivity index (χ4n) is 1.39. The number of hydrogen-bond donors (Lipinski definition) is 1. The molecule has 88 valence electrons. The highest BCUT2D eigenvalue weighted by atomic mass is 16.5. The summed E-state index contributed by atoms with van der Waals surface area (Å²) in [5, 5.41) is 2.80. The van der Waals surface area contributed by atoms with E-state index in [1.54, 1.807) is 7.11 Å². The number of furan rings is 1. The number of carbonyl (C=O) groups excluding carboxylic acids is 1. The summed E-state index contributed by atoms with van der Waals surface area (Å²) in [4.78, 5) is 11.3. The van der Waals surface area contributed by atoms with E-state index in [1.165, 1.54) is 6.08 Å². The fraction of sp³-hybridized carbons (Fsp3) is 0.417. The molecule has 1 aromatic rings. The summed E-state index contributed by atoms with van der Waals surface area (Å²) in [6.45, 7) is 5.84. The van der Waals surface area contributed by atoms with E-state index < -0.39 is 0 Å². The third kappa shape index (κ3) is 3.55. The number of nitrogens with one attached hydrogen (secondary N) is 1. The number of hydrogen-bond acceptors (Lipinski definition) is 3. The van der Waals surface area contributed by atoms with E-state index in [2.05, 4.69) is 11.9 Å². The molecule has 1 N–H and O–H groups in total. The van der Waals surface area contributed by atoms with Crippen molar-refractivity contribution >= 4 is 5.91 Å². The lowest BCUT2D eigenvalue weighted by Gasteiger charge is -2.14. The normalized spacial score (nSPS) is 12.1. The molecule has 4 nitrogen and oxygen atoms in total. The molecule has 1 amide bonds. The molecule has 0 aliphatic carbocycles. The molecule has 0 aromatic carbocycles. The Balaban J connectivity index is 2.70. The van der Waals surface area contributed by atoms with Gasteiger partial charge in [-0.05, 0) is 31.6 Å². The van der Waals surface area contributed by atoms with Gasteiger partial charge in [-0.3, -0.25) is 4.79 Å². The SMILES string of the molecule is C=CC(=O)NC(CCOC)c1ccc(C)o1. The minimum absolute atomic E-state index is 0.167. The van der Waals surface area contributed by atoms with Crippen molar-refractivity contribution in [1.82, 2.24) is 5.32 Å². The highest BCUT2D eigenvalue weighted by molar-refractivity contribution is 5.87. The topological polar surface area (TPSA) is 51.5 Å². The van der Waals surface area contributed by atoms with Crippen LogP contribution in [0, 0.1) is 6.92 Å². The summed E-state index contributed by atoms with van der Waals surface area (Å²) in [6, 6.07) is 3.56. The van der Waals surface area contributed by atoms with E-state index in [0.29, 0.717) is 13.0 Å². The minimum atomic E-state index is -0.213. The standard InChI is InChI=1S/C12H17NO3/c1-4-12(14)13-10(7-8-15-3)11-6-5-9(2)16-11/h4-6,10H,1,7-8H2,2-3H3,(H,13,14). The molecule has 1 unspecified atom stereocenters. The second kappa shape index (κ2) is 6.12. The molecule has 0 aliphatic heterocycles. The monoisotopic (exact) mass is 223 g/mol. The predicted molar refractivity (Wildman–Crippen MR) is 61.0 cm³/mol. The number of amides is 1. The molecule has 16 heavy (non-hydrogen) atoms. The van der Waals surface area contributed by atoms with Gasteiger partial charge in [-0.15, -0.1) is 0 Å². The number of carbonyl (C=O) groups is 1. The predicted octanol–water partition coefficient (Wildman–Crippen LogP) is 1.97. The van der Waals surface area contributed by atoms with Crippen molar-refractivity contribution in [2.24, 2.45) is 0 Å². The van der Waals surface area contributed by atoms with Crippen molar-refractivity contribution in [1.29, 1.82) is 0 Å². The van der Waals surface area contributed by atoms with Crippen molar-refractivity contribution in [3.05, 3.63) is 36.3 Å². The quantitative estimate of drug-likeness (QED) is 0.750. The molecule has 0 fully saturated rings. The van der Waals surface area contributed by atoms with Gasteiger partial charge in [-0.25, -0.2) is 0 Å². The third-order valence-corrected chi connectivity index (χ3v) is 2.22. The molecular weight excluding hydrogens is 206 g/mol. The summed E-state index contributed by atoms with van der Waals surface area (Å²) < 4.78 is 10.5. The third-order valence-electron chi connectivity index (χ3n) is 2.22. The Morgan fingerprint density at radius 2 is 2.44 bits per heavy atom. The molecule has 1 atom stereocenters. The molecule has 1 aromatic heterocycles. The maximum absolute atomic E-state index is 11.3. The average molecular weight is 223 g/mol. The van der Waals surface area contributed by atoms with Gasteiger partial charge in [0.1, 0.15) is 11.5 Å².